The molecule has 1 N–H and O–H groups in total. The van der Waals surface area contributed by atoms with Gasteiger partial charge in [0.05, 0.1) is 12.4 Å². The molecule has 1 aromatic rings. The lowest BCUT2D eigenvalue weighted by Gasteiger charge is -2.22. The summed E-state index contributed by atoms with van der Waals surface area (Å²) >= 11 is 0. The van der Waals surface area contributed by atoms with Gasteiger partial charge >= 0.3 is 0 Å². The van der Waals surface area contributed by atoms with Crippen LogP contribution in [0.3, 0.4) is 0 Å². The lowest BCUT2D eigenvalue weighted by molar-refractivity contribution is -0.121. The number of benzene rings is 1. The first kappa shape index (κ1) is 18.9. The number of rotatable bonds is 9. The number of sulfonamides is 1. The number of nitrogens with one attached hydrogen (secondary N) is 1. The zero-order chi connectivity index (χ0) is 17.4. The summed E-state index contributed by atoms with van der Waals surface area (Å²) in [7, 11) is -3.34. The molecule has 0 spiro atoms. The summed E-state index contributed by atoms with van der Waals surface area (Å²) < 4.78 is 30.6. The Balaban J connectivity index is 1.73. The molecule has 1 heterocycles. The predicted octanol–water partition coefficient (Wildman–Crippen LogP) is 1.18. The van der Waals surface area contributed by atoms with Gasteiger partial charge in [-0.15, -0.1) is 0 Å². The minimum atomic E-state index is -3.34. The first-order valence-corrected chi connectivity index (χ1v) is 10.2. The summed E-state index contributed by atoms with van der Waals surface area (Å²) in [4.78, 5) is 11.9. The lowest BCUT2D eigenvalue weighted by atomic mass is 10.1. The molecule has 7 heteroatoms. The Morgan fingerprint density at radius 2 is 2.08 bits per heavy atom. The third-order valence-electron chi connectivity index (χ3n) is 4.07. The second-order valence-electron chi connectivity index (χ2n) is 6.09. The summed E-state index contributed by atoms with van der Waals surface area (Å²) in [6.07, 6.45) is 3.88. The van der Waals surface area contributed by atoms with E-state index in [9.17, 15) is 13.2 Å². The van der Waals surface area contributed by atoms with Gasteiger partial charge in [0.2, 0.25) is 15.9 Å². The highest BCUT2D eigenvalue weighted by Crippen LogP contribution is 2.15. The minimum absolute atomic E-state index is 0.0548. The molecule has 0 aliphatic carbocycles. The second kappa shape index (κ2) is 9.15. The summed E-state index contributed by atoms with van der Waals surface area (Å²) in [5.41, 5.74) is 1.16. The van der Waals surface area contributed by atoms with Gasteiger partial charge in [-0.05, 0) is 24.8 Å². The average molecular weight is 354 g/mol. The summed E-state index contributed by atoms with van der Waals surface area (Å²) in [5, 5.41) is 2.84. The van der Waals surface area contributed by atoms with Gasteiger partial charge in [0.25, 0.3) is 0 Å². The minimum Gasteiger partial charge on any atom is -0.377 e. The predicted molar refractivity (Wildman–Crippen MR) is 93.2 cm³/mol. The molecule has 0 aromatic heterocycles. The molecule has 6 nitrogen and oxygen atoms in total. The van der Waals surface area contributed by atoms with Crippen LogP contribution in [0.15, 0.2) is 30.3 Å². The van der Waals surface area contributed by atoms with Gasteiger partial charge in [0.1, 0.15) is 0 Å². The van der Waals surface area contributed by atoms with Crippen molar-refractivity contribution < 1.29 is 17.9 Å². The van der Waals surface area contributed by atoms with Gasteiger partial charge in [-0.25, -0.2) is 8.42 Å². The number of ether oxygens (including phenoxy) is 1. The molecule has 2 rings (SSSR count). The van der Waals surface area contributed by atoms with Crippen molar-refractivity contribution in [3.8, 4) is 0 Å². The number of carbonyl (C=O) groups is 1. The average Bonchev–Trinajstić information content (AvgIpc) is 3.04. The van der Waals surface area contributed by atoms with Crippen LogP contribution < -0.4 is 5.32 Å². The highest BCUT2D eigenvalue weighted by atomic mass is 32.2. The Morgan fingerprint density at radius 1 is 1.33 bits per heavy atom. The van der Waals surface area contributed by atoms with E-state index in [1.54, 1.807) is 0 Å². The number of hydrogen-bond donors (Lipinski definition) is 1. The van der Waals surface area contributed by atoms with Crippen LogP contribution in [0, 0.1) is 0 Å². The zero-order valence-electron chi connectivity index (χ0n) is 14.1. The maximum atomic E-state index is 11.9. The molecule has 0 radical (unpaired) electrons. The van der Waals surface area contributed by atoms with Crippen LogP contribution in [0.25, 0.3) is 0 Å². The molecule has 1 aliphatic heterocycles. The van der Waals surface area contributed by atoms with Crippen molar-refractivity contribution in [3.05, 3.63) is 35.9 Å². The van der Waals surface area contributed by atoms with E-state index in [0.29, 0.717) is 19.7 Å². The molecule has 1 unspecified atom stereocenters. The molecule has 134 valence electrons. The van der Waals surface area contributed by atoms with E-state index >= 15 is 0 Å². The van der Waals surface area contributed by atoms with Crippen molar-refractivity contribution in [2.45, 2.75) is 31.8 Å². The van der Waals surface area contributed by atoms with Crippen LogP contribution in [0.1, 0.15) is 24.8 Å². The van der Waals surface area contributed by atoms with Crippen LogP contribution in [-0.4, -0.2) is 57.2 Å². The van der Waals surface area contributed by atoms with Gasteiger partial charge in [-0.3, -0.25) is 4.79 Å². The van der Waals surface area contributed by atoms with Crippen molar-refractivity contribution in [1.29, 1.82) is 0 Å². The number of amides is 1. The van der Waals surface area contributed by atoms with Crippen molar-refractivity contribution in [3.63, 3.8) is 0 Å². The van der Waals surface area contributed by atoms with Gasteiger partial charge < -0.3 is 10.1 Å². The third-order valence-corrected chi connectivity index (χ3v) is 5.34. The van der Waals surface area contributed by atoms with E-state index in [0.717, 1.165) is 24.8 Å². The number of nitrogens with zero attached hydrogens (tertiary/aromatic N) is 1. The van der Waals surface area contributed by atoms with Gasteiger partial charge in [-0.2, -0.15) is 4.31 Å². The fourth-order valence-corrected chi connectivity index (χ4v) is 3.57. The monoisotopic (exact) mass is 354 g/mol. The molecule has 0 saturated carbocycles. The zero-order valence-corrected chi connectivity index (χ0v) is 14.9. The van der Waals surface area contributed by atoms with Crippen LogP contribution >= 0.6 is 0 Å². The van der Waals surface area contributed by atoms with Crippen LogP contribution in [0.4, 0.5) is 0 Å². The molecule has 1 fully saturated rings. The Bertz CT molecular complexity index is 613. The number of hydrogen-bond acceptors (Lipinski definition) is 4. The standard InChI is InChI=1S/C17H26N2O4S/c1-24(21,22)19(14-16-8-5-13-23-16)12-10-17(20)18-11-9-15-6-3-2-4-7-15/h2-4,6-7,16H,5,8-14H2,1H3,(H,18,20). The molecule has 1 amide bonds. The topological polar surface area (TPSA) is 75.7 Å². The Morgan fingerprint density at radius 3 is 2.71 bits per heavy atom. The van der Waals surface area contributed by atoms with Crippen LogP contribution in [0.5, 0.6) is 0 Å². The molecular weight excluding hydrogens is 328 g/mol. The maximum absolute atomic E-state index is 11.9. The highest BCUT2D eigenvalue weighted by molar-refractivity contribution is 7.88. The Hall–Kier alpha value is -1.44. The summed E-state index contributed by atoms with van der Waals surface area (Å²) in [5.74, 6) is -0.132. The molecule has 24 heavy (non-hydrogen) atoms. The van der Waals surface area contributed by atoms with E-state index in [2.05, 4.69) is 5.32 Å². The van der Waals surface area contributed by atoms with Gasteiger partial charge in [-0.1, -0.05) is 30.3 Å². The van der Waals surface area contributed by atoms with E-state index in [-0.39, 0.29) is 25.0 Å². The normalized spacial score (nSPS) is 18.0. The molecule has 1 atom stereocenters. The quantitative estimate of drug-likeness (QED) is 0.722. The Kier molecular flexibility index (Phi) is 7.20. The number of carbonyl (C=O) groups excluding carboxylic acids is 1. The lowest BCUT2D eigenvalue weighted by Crippen LogP contribution is -2.39. The van der Waals surface area contributed by atoms with Crippen molar-refractivity contribution >= 4 is 15.9 Å². The maximum Gasteiger partial charge on any atom is 0.221 e. The van der Waals surface area contributed by atoms with Gasteiger partial charge in [0, 0.05) is 32.7 Å². The second-order valence-corrected chi connectivity index (χ2v) is 8.07. The first-order valence-electron chi connectivity index (χ1n) is 8.32. The summed E-state index contributed by atoms with van der Waals surface area (Å²) in [6, 6.07) is 9.91. The fraction of sp³-hybridized carbons (Fsp3) is 0.588. The third kappa shape index (κ3) is 6.59. The van der Waals surface area contributed by atoms with Crippen molar-refractivity contribution in [2.24, 2.45) is 0 Å². The van der Waals surface area contributed by atoms with Crippen molar-refractivity contribution in [2.75, 3.05) is 32.5 Å². The van der Waals surface area contributed by atoms with Crippen LogP contribution in [0.2, 0.25) is 0 Å². The largest absolute Gasteiger partial charge is 0.377 e. The molecule has 1 aromatic carbocycles. The molecule has 0 bridgehead atoms. The molecule has 1 saturated heterocycles. The fourth-order valence-electron chi connectivity index (χ4n) is 2.71. The van der Waals surface area contributed by atoms with E-state index < -0.39 is 10.0 Å². The van der Waals surface area contributed by atoms with Crippen molar-refractivity contribution in [1.82, 2.24) is 9.62 Å². The van der Waals surface area contributed by atoms with E-state index in [4.69, 9.17) is 4.74 Å². The first-order chi connectivity index (χ1) is 11.4. The summed E-state index contributed by atoms with van der Waals surface area (Å²) in [6.45, 7) is 1.75. The molecule has 1 aliphatic rings. The Labute approximate surface area is 144 Å². The van der Waals surface area contributed by atoms with Crippen LogP contribution in [-0.2, 0) is 26.0 Å². The van der Waals surface area contributed by atoms with E-state index in [1.165, 1.54) is 10.6 Å². The SMILES string of the molecule is CS(=O)(=O)N(CCC(=O)NCCc1ccccc1)CC1CCCO1. The van der Waals surface area contributed by atoms with E-state index in [1.807, 2.05) is 30.3 Å². The van der Waals surface area contributed by atoms with Gasteiger partial charge in [0.15, 0.2) is 0 Å². The smallest absolute Gasteiger partial charge is 0.221 e. The highest BCUT2D eigenvalue weighted by Gasteiger charge is 2.24. The molecular formula is C17H26N2O4S.